The van der Waals surface area contributed by atoms with Gasteiger partial charge < -0.3 is 4.74 Å². The fourth-order valence-electron chi connectivity index (χ4n) is 2.57. The van der Waals surface area contributed by atoms with Crippen molar-refractivity contribution in [3.05, 3.63) is 64.2 Å². The number of carbonyl (C=O) groups is 1. The molecule has 2 heterocycles. The van der Waals surface area contributed by atoms with Crippen molar-refractivity contribution in [1.29, 1.82) is 0 Å². The van der Waals surface area contributed by atoms with Crippen LogP contribution in [0.2, 0.25) is 0 Å². The molecule has 0 saturated carbocycles. The zero-order valence-corrected chi connectivity index (χ0v) is 14.5. The summed E-state index contributed by atoms with van der Waals surface area (Å²) in [6.45, 7) is 1.60. The van der Waals surface area contributed by atoms with Gasteiger partial charge in [-0.1, -0.05) is 12.1 Å². The number of aromatic nitrogens is 2. The van der Waals surface area contributed by atoms with Crippen molar-refractivity contribution in [2.45, 2.75) is 19.8 Å². The largest absolute Gasteiger partial charge is 0.496 e. The predicted octanol–water partition coefficient (Wildman–Crippen LogP) is 3.94. The Morgan fingerprint density at radius 3 is 2.88 bits per heavy atom. The van der Waals surface area contributed by atoms with E-state index in [0.29, 0.717) is 12.8 Å². The van der Waals surface area contributed by atoms with Gasteiger partial charge in [0.15, 0.2) is 0 Å². The van der Waals surface area contributed by atoms with Gasteiger partial charge in [0, 0.05) is 41.7 Å². The molecule has 3 rings (SSSR count). The summed E-state index contributed by atoms with van der Waals surface area (Å²) in [6, 6.07) is 9.80. The fraction of sp³-hybridized carbons (Fsp3) is 0.211. The van der Waals surface area contributed by atoms with Crippen LogP contribution in [0.1, 0.15) is 23.1 Å². The summed E-state index contributed by atoms with van der Waals surface area (Å²) in [5.74, 6) is 0.972. The Labute approximate surface area is 145 Å². The molecule has 2 aromatic heterocycles. The Morgan fingerprint density at radius 1 is 1.29 bits per heavy atom. The highest BCUT2D eigenvalue weighted by Crippen LogP contribution is 2.27. The van der Waals surface area contributed by atoms with Crippen LogP contribution < -0.4 is 4.74 Å². The molecule has 0 bridgehead atoms. The molecule has 0 atom stereocenters. The minimum Gasteiger partial charge on any atom is -0.496 e. The van der Waals surface area contributed by atoms with Gasteiger partial charge in [0.1, 0.15) is 11.5 Å². The third-order valence-corrected chi connectivity index (χ3v) is 4.50. The van der Waals surface area contributed by atoms with Crippen LogP contribution in [0.5, 0.6) is 5.75 Å². The molecule has 4 nitrogen and oxygen atoms in total. The standard InChI is InChI=1S/C19H18N2O2S/c1-13(22)8-14-5-6-18(23-2)16(9-14)10-19-21-17(12-24-19)15-4-3-7-20-11-15/h3-7,9,11-12H,8,10H2,1-2H3. The molecule has 0 amide bonds. The maximum Gasteiger partial charge on any atom is 0.134 e. The molecule has 0 spiro atoms. The number of thiazole rings is 1. The smallest absolute Gasteiger partial charge is 0.134 e. The highest BCUT2D eigenvalue weighted by molar-refractivity contribution is 7.10. The Bertz CT molecular complexity index is 844. The van der Waals surface area contributed by atoms with Crippen molar-refractivity contribution >= 4 is 17.1 Å². The Balaban J connectivity index is 1.85. The molecule has 3 aromatic rings. The zero-order chi connectivity index (χ0) is 16.9. The Kier molecular flexibility index (Phi) is 5.01. The van der Waals surface area contributed by atoms with E-state index in [1.54, 1.807) is 31.6 Å². The Morgan fingerprint density at radius 2 is 2.17 bits per heavy atom. The average molecular weight is 338 g/mol. The molecule has 0 aliphatic rings. The molecule has 24 heavy (non-hydrogen) atoms. The number of carbonyl (C=O) groups excluding carboxylic acids is 1. The van der Waals surface area contributed by atoms with Crippen molar-refractivity contribution < 1.29 is 9.53 Å². The number of benzene rings is 1. The van der Waals surface area contributed by atoms with Crippen LogP contribution in [0.4, 0.5) is 0 Å². The van der Waals surface area contributed by atoms with E-state index in [1.165, 1.54) is 0 Å². The van der Waals surface area contributed by atoms with Gasteiger partial charge in [-0.05, 0) is 30.7 Å². The predicted molar refractivity (Wildman–Crippen MR) is 95.5 cm³/mol. The van der Waals surface area contributed by atoms with Gasteiger partial charge in [-0.3, -0.25) is 9.78 Å². The highest BCUT2D eigenvalue weighted by atomic mass is 32.1. The van der Waals surface area contributed by atoms with Gasteiger partial charge in [0.2, 0.25) is 0 Å². The third-order valence-electron chi connectivity index (χ3n) is 3.65. The van der Waals surface area contributed by atoms with Crippen LogP contribution in [0.25, 0.3) is 11.3 Å². The highest BCUT2D eigenvalue weighted by Gasteiger charge is 2.10. The van der Waals surface area contributed by atoms with Crippen molar-refractivity contribution in [1.82, 2.24) is 9.97 Å². The monoisotopic (exact) mass is 338 g/mol. The van der Waals surface area contributed by atoms with E-state index < -0.39 is 0 Å². The molecule has 0 unspecified atom stereocenters. The van der Waals surface area contributed by atoms with Crippen LogP contribution in [0, 0.1) is 0 Å². The van der Waals surface area contributed by atoms with Crippen LogP contribution in [0.3, 0.4) is 0 Å². The van der Waals surface area contributed by atoms with Gasteiger partial charge in [-0.2, -0.15) is 0 Å². The molecule has 0 aliphatic carbocycles. The van der Waals surface area contributed by atoms with Gasteiger partial charge in [-0.15, -0.1) is 11.3 Å². The molecule has 122 valence electrons. The summed E-state index contributed by atoms with van der Waals surface area (Å²) in [5, 5.41) is 3.05. The molecule has 0 aliphatic heterocycles. The summed E-state index contributed by atoms with van der Waals surface area (Å²) >= 11 is 1.62. The lowest BCUT2D eigenvalue weighted by molar-refractivity contribution is -0.116. The molecular weight excluding hydrogens is 320 g/mol. The lowest BCUT2D eigenvalue weighted by atomic mass is 10.0. The van der Waals surface area contributed by atoms with Crippen LogP contribution in [-0.4, -0.2) is 22.9 Å². The minimum atomic E-state index is 0.152. The first-order valence-electron chi connectivity index (χ1n) is 7.65. The van der Waals surface area contributed by atoms with Gasteiger partial charge in [0.05, 0.1) is 17.8 Å². The van der Waals surface area contributed by atoms with E-state index in [9.17, 15) is 4.79 Å². The quantitative estimate of drug-likeness (QED) is 0.683. The number of pyridine rings is 1. The number of nitrogens with zero attached hydrogens (tertiary/aromatic N) is 2. The lowest BCUT2D eigenvalue weighted by Gasteiger charge is -2.09. The third kappa shape index (κ3) is 3.86. The van der Waals surface area contributed by atoms with E-state index in [4.69, 9.17) is 9.72 Å². The number of hydrogen-bond donors (Lipinski definition) is 0. The second kappa shape index (κ2) is 7.36. The van der Waals surface area contributed by atoms with Crippen molar-refractivity contribution in [3.8, 4) is 17.0 Å². The maximum absolute atomic E-state index is 11.3. The number of ether oxygens (including phenoxy) is 1. The summed E-state index contributed by atoms with van der Waals surface area (Å²) in [7, 11) is 1.66. The minimum absolute atomic E-state index is 0.152. The lowest BCUT2D eigenvalue weighted by Crippen LogP contribution is -2.00. The second-order valence-electron chi connectivity index (χ2n) is 5.57. The first-order chi connectivity index (χ1) is 11.7. The summed E-state index contributed by atoms with van der Waals surface area (Å²) in [5.41, 5.74) is 3.99. The maximum atomic E-state index is 11.3. The first kappa shape index (κ1) is 16.3. The molecule has 0 radical (unpaired) electrons. The zero-order valence-electron chi connectivity index (χ0n) is 13.7. The number of hydrogen-bond acceptors (Lipinski definition) is 5. The Hall–Kier alpha value is -2.53. The number of methoxy groups -OCH3 is 1. The van der Waals surface area contributed by atoms with Crippen molar-refractivity contribution in [3.63, 3.8) is 0 Å². The van der Waals surface area contributed by atoms with Gasteiger partial charge in [-0.25, -0.2) is 4.98 Å². The van der Waals surface area contributed by atoms with Crippen LogP contribution >= 0.6 is 11.3 Å². The number of ketones is 1. The summed E-state index contributed by atoms with van der Waals surface area (Å²) in [4.78, 5) is 20.2. The molecule has 0 fully saturated rings. The topological polar surface area (TPSA) is 52.1 Å². The number of rotatable bonds is 6. The van der Waals surface area contributed by atoms with Crippen molar-refractivity contribution in [2.75, 3.05) is 7.11 Å². The van der Waals surface area contributed by atoms with Crippen LogP contribution in [-0.2, 0) is 17.6 Å². The number of Topliss-reactive ketones (excluding diaryl/α,β-unsaturated/α-hetero) is 1. The van der Waals surface area contributed by atoms with E-state index >= 15 is 0 Å². The van der Waals surface area contributed by atoms with E-state index in [1.807, 2.05) is 41.9 Å². The van der Waals surface area contributed by atoms with E-state index in [-0.39, 0.29) is 5.78 Å². The van der Waals surface area contributed by atoms with Gasteiger partial charge >= 0.3 is 0 Å². The van der Waals surface area contributed by atoms with E-state index in [0.717, 1.165) is 33.1 Å². The SMILES string of the molecule is COc1ccc(CC(C)=O)cc1Cc1nc(-c2cccnc2)cs1. The summed E-state index contributed by atoms with van der Waals surface area (Å²) in [6.07, 6.45) is 4.69. The second-order valence-corrected chi connectivity index (χ2v) is 6.51. The molecule has 0 N–H and O–H groups in total. The molecule has 1 aromatic carbocycles. The van der Waals surface area contributed by atoms with Crippen LogP contribution in [0.15, 0.2) is 48.1 Å². The van der Waals surface area contributed by atoms with E-state index in [2.05, 4.69) is 4.98 Å². The molecule has 5 heteroatoms. The normalized spacial score (nSPS) is 10.6. The molecule has 0 saturated heterocycles. The fourth-order valence-corrected chi connectivity index (χ4v) is 3.40. The molecular formula is C19H18N2O2S. The average Bonchev–Trinajstić information content (AvgIpc) is 3.04. The summed E-state index contributed by atoms with van der Waals surface area (Å²) < 4.78 is 5.45. The van der Waals surface area contributed by atoms with Gasteiger partial charge in [0.25, 0.3) is 0 Å². The first-order valence-corrected chi connectivity index (χ1v) is 8.53. The van der Waals surface area contributed by atoms with Crippen molar-refractivity contribution in [2.24, 2.45) is 0 Å².